The number of nitrogens with one attached hydrogen (secondary N) is 1. The van der Waals surface area contributed by atoms with Crippen molar-refractivity contribution in [3.05, 3.63) is 23.8 Å². The Morgan fingerprint density at radius 1 is 1.41 bits per heavy atom. The number of hydrogen-bond donors (Lipinski definition) is 2. The van der Waals surface area contributed by atoms with Crippen LogP contribution in [0.2, 0.25) is 0 Å². The van der Waals surface area contributed by atoms with Crippen LogP contribution in [0, 0.1) is 5.41 Å². The van der Waals surface area contributed by atoms with Crippen LogP contribution in [0.1, 0.15) is 12.0 Å². The van der Waals surface area contributed by atoms with Crippen molar-refractivity contribution < 1.29 is 9.47 Å². The van der Waals surface area contributed by atoms with Crippen LogP contribution in [0.15, 0.2) is 18.2 Å². The number of nitrogen functional groups attached to an aromatic ring is 1. The Bertz CT molecular complexity index is 383. The van der Waals surface area contributed by atoms with Gasteiger partial charge in [0.15, 0.2) is 11.5 Å². The van der Waals surface area contributed by atoms with Gasteiger partial charge in [-0.15, -0.1) is 0 Å². The minimum atomic E-state index is 0.0252. The molecule has 4 nitrogen and oxygen atoms in total. The molecule has 5 heteroatoms. The van der Waals surface area contributed by atoms with Crippen LogP contribution in [-0.4, -0.2) is 31.6 Å². The maximum Gasteiger partial charge on any atom is 0.161 e. The number of rotatable bonds is 7. The predicted octanol–water partition coefficient (Wildman–Crippen LogP) is 2.11. The van der Waals surface area contributed by atoms with Crippen molar-refractivity contribution in [2.45, 2.75) is 6.42 Å². The highest BCUT2D eigenvalue weighted by Gasteiger charge is 2.06. The smallest absolute Gasteiger partial charge is 0.161 e. The first-order chi connectivity index (χ1) is 8.19. The lowest BCUT2D eigenvalue weighted by molar-refractivity contribution is 0.295. The van der Waals surface area contributed by atoms with Gasteiger partial charge in [-0.3, -0.25) is 5.41 Å². The fourth-order valence-electron chi connectivity index (χ4n) is 1.34. The van der Waals surface area contributed by atoms with Gasteiger partial charge in [0, 0.05) is 5.56 Å². The summed E-state index contributed by atoms with van der Waals surface area (Å²) in [6.45, 7) is 0.663. The summed E-state index contributed by atoms with van der Waals surface area (Å²) in [4.78, 5) is 0. The molecule has 94 valence electrons. The first-order valence-corrected chi connectivity index (χ1v) is 6.72. The SMILES string of the molecule is COc1cc(C(=N)N)ccc1OCCCSC. The summed E-state index contributed by atoms with van der Waals surface area (Å²) >= 11 is 1.80. The summed E-state index contributed by atoms with van der Waals surface area (Å²) in [6.07, 6.45) is 3.07. The lowest BCUT2D eigenvalue weighted by Gasteiger charge is -2.11. The van der Waals surface area contributed by atoms with E-state index in [0.717, 1.165) is 12.2 Å². The summed E-state index contributed by atoms with van der Waals surface area (Å²) < 4.78 is 10.8. The molecule has 0 atom stereocenters. The largest absolute Gasteiger partial charge is 0.493 e. The number of methoxy groups -OCH3 is 1. The van der Waals surface area contributed by atoms with Crippen LogP contribution < -0.4 is 15.2 Å². The number of nitrogens with two attached hydrogens (primary N) is 1. The molecule has 1 rings (SSSR count). The summed E-state index contributed by atoms with van der Waals surface area (Å²) in [5, 5.41) is 7.35. The quantitative estimate of drug-likeness (QED) is 0.444. The third-order valence-electron chi connectivity index (χ3n) is 2.22. The number of thioether (sulfide) groups is 1. The van der Waals surface area contributed by atoms with Gasteiger partial charge in [0.25, 0.3) is 0 Å². The molecule has 0 aliphatic rings. The molecule has 17 heavy (non-hydrogen) atoms. The summed E-state index contributed by atoms with van der Waals surface area (Å²) in [7, 11) is 1.58. The summed E-state index contributed by atoms with van der Waals surface area (Å²) in [6, 6.07) is 5.26. The molecule has 0 spiro atoms. The monoisotopic (exact) mass is 254 g/mol. The van der Waals surface area contributed by atoms with Crippen molar-refractivity contribution in [3.63, 3.8) is 0 Å². The first kappa shape index (κ1) is 13.7. The molecule has 0 fully saturated rings. The van der Waals surface area contributed by atoms with E-state index in [1.165, 1.54) is 0 Å². The van der Waals surface area contributed by atoms with Crippen molar-refractivity contribution in [2.75, 3.05) is 25.7 Å². The van der Waals surface area contributed by atoms with Crippen LogP contribution in [-0.2, 0) is 0 Å². The molecule has 0 amide bonds. The van der Waals surface area contributed by atoms with E-state index < -0.39 is 0 Å². The number of amidine groups is 1. The molecule has 0 heterocycles. The highest BCUT2D eigenvalue weighted by atomic mass is 32.2. The van der Waals surface area contributed by atoms with Crippen molar-refractivity contribution in [2.24, 2.45) is 5.73 Å². The third kappa shape index (κ3) is 4.19. The zero-order valence-corrected chi connectivity index (χ0v) is 11.0. The topological polar surface area (TPSA) is 68.3 Å². The van der Waals surface area contributed by atoms with E-state index in [2.05, 4.69) is 6.26 Å². The molecule has 0 unspecified atom stereocenters. The van der Waals surface area contributed by atoms with E-state index in [1.54, 1.807) is 37.1 Å². The average Bonchev–Trinajstić information content (AvgIpc) is 2.34. The van der Waals surface area contributed by atoms with Gasteiger partial charge in [-0.1, -0.05) is 0 Å². The molecule has 0 radical (unpaired) electrons. The molecule has 0 aliphatic carbocycles. The normalized spacial score (nSPS) is 10.0. The fraction of sp³-hybridized carbons (Fsp3) is 0.417. The summed E-state index contributed by atoms with van der Waals surface area (Å²) in [5.74, 6) is 2.41. The molecule has 3 N–H and O–H groups in total. The third-order valence-corrected chi connectivity index (χ3v) is 2.92. The Morgan fingerprint density at radius 2 is 2.18 bits per heavy atom. The van der Waals surface area contributed by atoms with Crippen molar-refractivity contribution in [1.29, 1.82) is 5.41 Å². The maximum absolute atomic E-state index is 7.35. The number of ether oxygens (including phenoxy) is 2. The van der Waals surface area contributed by atoms with Gasteiger partial charge in [-0.25, -0.2) is 0 Å². The molecule has 0 saturated carbocycles. The van der Waals surface area contributed by atoms with E-state index in [4.69, 9.17) is 20.6 Å². The average molecular weight is 254 g/mol. The Morgan fingerprint density at radius 3 is 2.76 bits per heavy atom. The van der Waals surface area contributed by atoms with Gasteiger partial charge < -0.3 is 15.2 Å². The van der Waals surface area contributed by atoms with Crippen molar-refractivity contribution in [3.8, 4) is 11.5 Å². The number of benzene rings is 1. The molecular formula is C12H18N2O2S. The molecule has 1 aromatic carbocycles. The molecule has 0 aromatic heterocycles. The molecule has 0 bridgehead atoms. The zero-order chi connectivity index (χ0) is 12.7. The molecule has 0 aliphatic heterocycles. The fourth-order valence-corrected chi connectivity index (χ4v) is 1.75. The molecule has 1 aromatic rings. The highest BCUT2D eigenvalue weighted by Crippen LogP contribution is 2.28. The Labute approximate surface area is 106 Å². The Balaban J connectivity index is 2.68. The summed E-state index contributed by atoms with van der Waals surface area (Å²) in [5.41, 5.74) is 6.05. The Hall–Kier alpha value is -1.36. The lowest BCUT2D eigenvalue weighted by atomic mass is 10.2. The van der Waals surface area contributed by atoms with E-state index in [1.807, 2.05) is 0 Å². The van der Waals surface area contributed by atoms with E-state index >= 15 is 0 Å². The van der Waals surface area contributed by atoms with E-state index in [-0.39, 0.29) is 5.84 Å². The highest BCUT2D eigenvalue weighted by molar-refractivity contribution is 7.98. The second-order valence-corrected chi connectivity index (χ2v) is 4.46. The van der Waals surface area contributed by atoms with Gasteiger partial charge in [0.2, 0.25) is 0 Å². The minimum absolute atomic E-state index is 0.0252. The van der Waals surface area contributed by atoms with Crippen molar-refractivity contribution in [1.82, 2.24) is 0 Å². The van der Waals surface area contributed by atoms with Crippen molar-refractivity contribution >= 4 is 17.6 Å². The van der Waals surface area contributed by atoms with Gasteiger partial charge in [-0.05, 0) is 36.6 Å². The first-order valence-electron chi connectivity index (χ1n) is 5.33. The number of hydrogen-bond acceptors (Lipinski definition) is 4. The molecular weight excluding hydrogens is 236 g/mol. The van der Waals surface area contributed by atoms with Crippen LogP contribution in [0.25, 0.3) is 0 Å². The van der Waals surface area contributed by atoms with Crippen LogP contribution >= 0.6 is 11.8 Å². The maximum atomic E-state index is 7.35. The lowest BCUT2D eigenvalue weighted by Crippen LogP contribution is -2.11. The van der Waals surface area contributed by atoms with E-state index in [9.17, 15) is 0 Å². The predicted molar refractivity (Wildman–Crippen MR) is 72.5 cm³/mol. The van der Waals surface area contributed by atoms with Crippen LogP contribution in [0.4, 0.5) is 0 Å². The van der Waals surface area contributed by atoms with Gasteiger partial charge in [0.1, 0.15) is 5.84 Å². The standard InChI is InChI=1S/C12H18N2O2S/c1-15-11-8-9(12(13)14)4-5-10(11)16-6-3-7-17-2/h4-5,8H,3,6-7H2,1-2H3,(H3,13,14). The van der Waals surface area contributed by atoms with E-state index in [0.29, 0.717) is 23.7 Å². The van der Waals surface area contributed by atoms with Gasteiger partial charge in [-0.2, -0.15) is 11.8 Å². The minimum Gasteiger partial charge on any atom is -0.493 e. The Kier molecular flexibility index (Phi) is 5.69. The second kappa shape index (κ2) is 7.06. The van der Waals surface area contributed by atoms with Gasteiger partial charge in [0.05, 0.1) is 13.7 Å². The van der Waals surface area contributed by atoms with Gasteiger partial charge >= 0.3 is 0 Å². The zero-order valence-electron chi connectivity index (χ0n) is 10.2. The second-order valence-electron chi connectivity index (χ2n) is 3.47. The molecule has 0 saturated heterocycles. The van der Waals surface area contributed by atoms with Crippen LogP contribution in [0.5, 0.6) is 11.5 Å². The van der Waals surface area contributed by atoms with Crippen LogP contribution in [0.3, 0.4) is 0 Å².